The second kappa shape index (κ2) is 12.2. The number of benzene rings is 1. The molecular weight excluding hydrogens is 452 g/mol. The Labute approximate surface area is 199 Å². The van der Waals surface area contributed by atoms with E-state index in [1.54, 1.807) is 0 Å². The molecule has 34 heavy (non-hydrogen) atoms. The third-order valence-corrected chi connectivity index (χ3v) is 6.87. The Morgan fingerprint density at radius 1 is 1.00 bits per heavy atom. The molecule has 3 fully saturated rings. The molecule has 0 aromatic heterocycles. The smallest absolute Gasteiger partial charge is 0.260 e. The van der Waals surface area contributed by atoms with Crippen LogP contribution < -0.4 is 4.74 Å². The zero-order valence-electron chi connectivity index (χ0n) is 20.1. The fourth-order valence-electron chi connectivity index (χ4n) is 4.87. The predicted molar refractivity (Wildman–Crippen MR) is 121 cm³/mol. The van der Waals surface area contributed by atoms with Gasteiger partial charge in [-0.25, -0.2) is 17.6 Å². The van der Waals surface area contributed by atoms with E-state index in [0.29, 0.717) is 44.0 Å². The first-order valence-corrected chi connectivity index (χ1v) is 12.4. The SMILES string of the molecule is CC.O=C(N1CCC(Oc2c(F)cc(F)cc2F)CC1)C1(F)CCN(CC2CCOCC2)CC1. The normalized spacial score (nSPS) is 22.1. The summed E-state index contributed by atoms with van der Waals surface area (Å²) in [4.78, 5) is 16.6. The summed E-state index contributed by atoms with van der Waals surface area (Å²) in [6.45, 7) is 8.11. The molecule has 0 radical (unpaired) electrons. The van der Waals surface area contributed by atoms with Gasteiger partial charge in [0.15, 0.2) is 23.1 Å². The van der Waals surface area contributed by atoms with Crippen LogP contribution in [0.15, 0.2) is 12.1 Å². The molecule has 3 saturated heterocycles. The highest BCUT2D eigenvalue weighted by Gasteiger charge is 2.45. The molecule has 0 N–H and O–H groups in total. The second-order valence-corrected chi connectivity index (χ2v) is 9.13. The van der Waals surface area contributed by atoms with Crippen LogP contribution in [0.5, 0.6) is 5.75 Å². The van der Waals surface area contributed by atoms with Gasteiger partial charge in [0.05, 0.1) is 0 Å². The molecule has 1 aromatic carbocycles. The first-order valence-electron chi connectivity index (χ1n) is 12.4. The maximum absolute atomic E-state index is 15.5. The van der Waals surface area contributed by atoms with E-state index in [4.69, 9.17) is 9.47 Å². The van der Waals surface area contributed by atoms with Crippen molar-refractivity contribution in [1.29, 1.82) is 0 Å². The van der Waals surface area contributed by atoms with Crippen molar-refractivity contribution in [3.05, 3.63) is 29.6 Å². The highest BCUT2D eigenvalue weighted by Crippen LogP contribution is 2.32. The van der Waals surface area contributed by atoms with E-state index in [-0.39, 0.29) is 25.9 Å². The van der Waals surface area contributed by atoms with E-state index in [9.17, 15) is 18.0 Å². The Bertz CT molecular complexity index is 780. The topological polar surface area (TPSA) is 42.0 Å². The molecule has 0 saturated carbocycles. The standard InChI is InChI=1S/C23H30F4N2O3.C2H6/c24-17-13-19(25)21(20(26)14-17)32-18-1-7-29(8-2-18)22(30)23(27)5-9-28(10-6-23)15-16-3-11-31-12-4-16;1-2/h13-14,16,18H,1-12,15H2;1-2H3. The number of amides is 1. The molecule has 1 amide bonds. The van der Waals surface area contributed by atoms with Crippen LogP contribution in [0.2, 0.25) is 0 Å². The molecular formula is C25H36F4N2O3. The Balaban J connectivity index is 0.00000158. The van der Waals surface area contributed by atoms with Crippen molar-refractivity contribution in [2.24, 2.45) is 5.92 Å². The van der Waals surface area contributed by atoms with Crippen LogP contribution in [0.3, 0.4) is 0 Å². The minimum absolute atomic E-state index is 0.178. The van der Waals surface area contributed by atoms with Gasteiger partial charge in [0.25, 0.3) is 5.91 Å². The number of carbonyl (C=O) groups excluding carboxylic acids is 1. The van der Waals surface area contributed by atoms with Gasteiger partial charge in [0, 0.05) is 83.8 Å². The van der Waals surface area contributed by atoms with Crippen molar-refractivity contribution in [2.45, 2.75) is 64.1 Å². The van der Waals surface area contributed by atoms with Crippen molar-refractivity contribution in [3.63, 3.8) is 0 Å². The minimum atomic E-state index is -1.87. The molecule has 5 nitrogen and oxygen atoms in total. The van der Waals surface area contributed by atoms with Crippen molar-refractivity contribution >= 4 is 5.91 Å². The number of likely N-dealkylation sites (tertiary alicyclic amines) is 2. The third kappa shape index (κ3) is 6.62. The molecule has 9 heteroatoms. The van der Waals surface area contributed by atoms with Crippen LogP contribution in [-0.4, -0.2) is 73.4 Å². The van der Waals surface area contributed by atoms with Crippen LogP contribution in [0.25, 0.3) is 0 Å². The summed E-state index contributed by atoms with van der Waals surface area (Å²) < 4.78 is 67.0. The van der Waals surface area contributed by atoms with Crippen LogP contribution in [0.1, 0.15) is 52.4 Å². The number of rotatable bonds is 5. The molecule has 3 heterocycles. The van der Waals surface area contributed by atoms with Crippen LogP contribution in [0.4, 0.5) is 17.6 Å². The lowest BCUT2D eigenvalue weighted by Gasteiger charge is -2.41. The van der Waals surface area contributed by atoms with E-state index < -0.39 is 40.9 Å². The molecule has 0 bridgehead atoms. The van der Waals surface area contributed by atoms with Crippen molar-refractivity contribution in [2.75, 3.05) is 45.9 Å². The third-order valence-electron chi connectivity index (χ3n) is 6.87. The quantitative estimate of drug-likeness (QED) is 0.562. The molecule has 0 atom stereocenters. The van der Waals surface area contributed by atoms with Gasteiger partial charge in [-0.2, -0.15) is 0 Å². The molecule has 0 spiro atoms. The van der Waals surface area contributed by atoms with E-state index in [1.165, 1.54) is 4.90 Å². The average Bonchev–Trinajstić information content (AvgIpc) is 2.85. The predicted octanol–water partition coefficient (Wildman–Crippen LogP) is 4.73. The summed E-state index contributed by atoms with van der Waals surface area (Å²) in [5, 5.41) is 0. The zero-order valence-corrected chi connectivity index (χ0v) is 20.1. The summed E-state index contributed by atoms with van der Waals surface area (Å²) in [6.07, 6.45) is 2.54. The highest BCUT2D eigenvalue weighted by atomic mass is 19.2. The number of carbonyl (C=O) groups is 1. The summed E-state index contributed by atoms with van der Waals surface area (Å²) in [5.74, 6) is -3.76. The lowest BCUT2D eigenvalue weighted by atomic mass is 9.89. The van der Waals surface area contributed by atoms with E-state index in [1.807, 2.05) is 13.8 Å². The Morgan fingerprint density at radius 3 is 2.12 bits per heavy atom. The van der Waals surface area contributed by atoms with E-state index in [0.717, 1.165) is 32.6 Å². The van der Waals surface area contributed by atoms with Gasteiger partial charge in [0.1, 0.15) is 11.9 Å². The molecule has 1 aromatic rings. The first kappa shape index (κ1) is 26.7. The van der Waals surface area contributed by atoms with Gasteiger partial charge in [-0.3, -0.25) is 4.79 Å². The Kier molecular flexibility index (Phi) is 9.59. The van der Waals surface area contributed by atoms with Gasteiger partial charge in [-0.05, 0) is 18.8 Å². The highest BCUT2D eigenvalue weighted by molar-refractivity contribution is 5.85. The number of alkyl halides is 1. The molecule has 192 valence electrons. The van der Waals surface area contributed by atoms with E-state index >= 15 is 4.39 Å². The maximum Gasteiger partial charge on any atom is 0.260 e. The van der Waals surface area contributed by atoms with Gasteiger partial charge in [-0.15, -0.1) is 0 Å². The fourth-order valence-corrected chi connectivity index (χ4v) is 4.87. The number of halogens is 4. The summed E-state index contributed by atoms with van der Waals surface area (Å²) in [6, 6.07) is 1.14. The molecule has 4 rings (SSSR count). The van der Waals surface area contributed by atoms with Crippen LogP contribution >= 0.6 is 0 Å². The van der Waals surface area contributed by atoms with Crippen molar-refractivity contribution in [3.8, 4) is 5.75 Å². The van der Waals surface area contributed by atoms with Crippen LogP contribution in [-0.2, 0) is 9.53 Å². The second-order valence-electron chi connectivity index (χ2n) is 9.13. The summed E-state index contributed by atoms with van der Waals surface area (Å²) in [5.41, 5.74) is -1.87. The number of ether oxygens (including phenoxy) is 2. The summed E-state index contributed by atoms with van der Waals surface area (Å²) >= 11 is 0. The molecule has 3 aliphatic rings. The minimum Gasteiger partial charge on any atom is -0.484 e. The Morgan fingerprint density at radius 2 is 1.56 bits per heavy atom. The first-order chi connectivity index (χ1) is 16.3. The van der Waals surface area contributed by atoms with Gasteiger partial charge in [-0.1, -0.05) is 13.8 Å². The van der Waals surface area contributed by atoms with Crippen molar-refractivity contribution in [1.82, 2.24) is 9.80 Å². The lowest BCUT2D eigenvalue weighted by Crippen LogP contribution is -2.55. The molecule has 0 aliphatic carbocycles. The fraction of sp³-hybridized carbons (Fsp3) is 0.720. The Hall–Kier alpha value is -1.87. The molecule has 0 unspecified atom stereocenters. The van der Waals surface area contributed by atoms with Gasteiger partial charge >= 0.3 is 0 Å². The number of nitrogens with zero attached hydrogens (tertiary/aromatic N) is 2. The monoisotopic (exact) mass is 488 g/mol. The summed E-state index contributed by atoms with van der Waals surface area (Å²) in [7, 11) is 0. The van der Waals surface area contributed by atoms with E-state index in [2.05, 4.69) is 4.90 Å². The van der Waals surface area contributed by atoms with Gasteiger partial charge < -0.3 is 19.3 Å². The van der Waals surface area contributed by atoms with Gasteiger partial charge in [0.2, 0.25) is 0 Å². The largest absolute Gasteiger partial charge is 0.484 e. The average molecular weight is 489 g/mol. The zero-order chi connectivity index (χ0) is 24.7. The van der Waals surface area contributed by atoms with Crippen molar-refractivity contribution < 1.29 is 31.8 Å². The lowest BCUT2D eigenvalue weighted by molar-refractivity contribution is -0.149. The number of piperidine rings is 2. The number of hydrogen-bond donors (Lipinski definition) is 0. The maximum atomic E-state index is 15.5. The van der Waals surface area contributed by atoms with Crippen LogP contribution in [0, 0.1) is 23.4 Å². The number of hydrogen-bond acceptors (Lipinski definition) is 4. The molecule has 3 aliphatic heterocycles.